The van der Waals surface area contributed by atoms with Crippen LogP contribution in [0.4, 0.5) is 4.39 Å². The molecule has 2 N–H and O–H groups in total. The number of nitrogens with zero attached hydrogens (tertiary/aromatic N) is 2. The average Bonchev–Trinajstić information content (AvgIpc) is 2.50. The normalized spacial score (nSPS) is 9.88. The number of fused-ring (bicyclic) bond motifs is 1. The summed E-state index contributed by atoms with van der Waals surface area (Å²) in [5.74, 6) is 0.803. The third-order valence-corrected chi connectivity index (χ3v) is 2.79. The molecular formula is C11H16ClFIN3. The number of aromatic nitrogens is 2. The van der Waals surface area contributed by atoms with Crippen molar-refractivity contribution in [1.82, 2.24) is 4.57 Å². The molecule has 3 nitrogen and oxygen atoms in total. The summed E-state index contributed by atoms with van der Waals surface area (Å²) in [5, 5.41) is 0. The van der Waals surface area contributed by atoms with Crippen LogP contribution in [-0.4, -0.2) is 4.57 Å². The van der Waals surface area contributed by atoms with Gasteiger partial charge in [0.25, 0.3) is 5.82 Å². The highest BCUT2D eigenvalue weighted by molar-refractivity contribution is 5.85. The SMILES string of the molecule is CCn1c(CN)[n+](C)c2ccc(F)cc21.Cl.[I-]. The Morgan fingerprint density at radius 2 is 2.06 bits per heavy atom. The summed E-state index contributed by atoms with van der Waals surface area (Å²) in [4.78, 5) is 0. The van der Waals surface area contributed by atoms with Crippen molar-refractivity contribution < 1.29 is 32.9 Å². The van der Waals surface area contributed by atoms with Crippen LogP contribution in [0.25, 0.3) is 11.0 Å². The molecular weight excluding hydrogens is 355 g/mol. The van der Waals surface area contributed by atoms with Crippen LogP contribution < -0.4 is 34.3 Å². The Morgan fingerprint density at radius 1 is 1.41 bits per heavy atom. The van der Waals surface area contributed by atoms with Gasteiger partial charge in [-0.25, -0.2) is 13.5 Å². The molecule has 2 aromatic rings. The predicted octanol–water partition coefficient (Wildman–Crippen LogP) is -1.49. The summed E-state index contributed by atoms with van der Waals surface area (Å²) in [6.07, 6.45) is 0. The number of nitrogens with two attached hydrogens (primary N) is 1. The maximum absolute atomic E-state index is 13.1. The molecule has 0 fully saturated rings. The number of hydrogen-bond donors (Lipinski definition) is 1. The van der Waals surface area contributed by atoms with E-state index in [1.165, 1.54) is 6.07 Å². The smallest absolute Gasteiger partial charge is 0.271 e. The van der Waals surface area contributed by atoms with Crippen molar-refractivity contribution in [3.05, 3.63) is 29.8 Å². The molecule has 0 spiro atoms. The number of halogens is 3. The summed E-state index contributed by atoms with van der Waals surface area (Å²) in [5.41, 5.74) is 7.61. The van der Waals surface area contributed by atoms with Crippen LogP contribution in [0.5, 0.6) is 0 Å². The van der Waals surface area contributed by atoms with Crippen molar-refractivity contribution in [3.8, 4) is 0 Å². The molecule has 0 aliphatic heterocycles. The number of rotatable bonds is 2. The van der Waals surface area contributed by atoms with Crippen LogP contribution >= 0.6 is 12.4 Å². The first kappa shape index (κ1) is 16.6. The molecule has 96 valence electrons. The summed E-state index contributed by atoms with van der Waals surface area (Å²) >= 11 is 0. The van der Waals surface area contributed by atoms with Gasteiger partial charge in [0.15, 0.2) is 11.0 Å². The van der Waals surface area contributed by atoms with E-state index >= 15 is 0 Å². The van der Waals surface area contributed by atoms with Crippen LogP contribution in [0.2, 0.25) is 0 Å². The Morgan fingerprint density at radius 3 is 2.59 bits per heavy atom. The van der Waals surface area contributed by atoms with Gasteiger partial charge in [0.2, 0.25) is 0 Å². The summed E-state index contributed by atoms with van der Waals surface area (Å²) in [6.45, 7) is 3.29. The third-order valence-electron chi connectivity index (χ3n) is 2.79. The van der Waals surface area contributed by atoms with Gasteiger partial charge < -0.3 is 29.7 Å². The van der Waals surface area contributed by atoms with E-state index in [0.29, 0.717) is 6.54 Å². The molecule has 0 radical (unpaired) electrons. The lowest BCUT2D eigenvalue weighted by molar-refractivity contribution is -0.654. The molecule has 0 saturated heterocycles. The highest BCUT2D eigenvalue weighted by Crippen LogP contribution is 2.15. The Labute approximate surface area is 123 Å². The van der Waals surface area contributed by atoms with Gasteiger partial charge in [0.05, 0.1) is 20.1 Å². The van der Waals surface area contributed by atoms with Crippen LogP contribution in [0.15, 0.2) is 18.2 Å². The van der Waals surface area contributed by atoms with E-state index in [4.69, 9.17) is 5.73 Å². The standard InChI is InChI=1S/C11H15FN3.ClH.HI/c1-3-15-10-6-8(12)4-5-9(10)14(2)11(15)7-13;;/h4-6H,3,7,13H2,1-2H3;2*1H/q+1;;/p-1. The van der Waals surface area contributed by atoms with Gasteiger partial charge >= 0.3 is 0 Å². The molecule has 1 aromatic carbocycles. The minimum absolute atomic E-state index is 0. The zero-order chi connectivity index (χ0) is 11.0. The first-order valence-corrected chi connectivity index (χ1v) is 5.05. The van der Waals surface area contributed by atoms with Crippen LogP contribution in [0, 0.1) is 5.82 Å². The Balaban J connectivity index is 0.00000128. The fourth-order valence-corrected chi connectivity index (χ4v) is 2.06. The Kier molecular flexibility index (Phi) is 6.36. The Hall–Kier alpha value is -0.400. The molecule has 2 rings (SSSR count). The molecule has 0 atom stereocenters. The number of imidazole rings is 1. The van der Waals surface area contributed by atoms with E-state index in [1.54, 1.807) is 12.1 Å². The first-order chi connectivity index (χ1) is 7.19. The average molecular weight is 372 g/mol. The minimum atomic E-state index is -0.209. The molecule has 1 aromatic heterocycles. The van der Waals surface area contributed by atoms with E-state index < -0.39 is 0 Å². The second-order valence-electron chi connectivity index (χ2n) is 3.56. The van der Waals surface area contributed by atoms with Gasteiger partial charge in [0, 0.05) is 6.07 Å². The largest absolute Gasteiger partial charge is 1.00 e. The second kappa shape index (κ2) is 6.51. The lowest BCUT2D eigenvalue weighted by atomic mass is 10.3. The molecule has 6 heteroatoms. The van der Waals surface area contributed by atoms with E-state index in [2.05, 4.69) is 0 Å². The van der Waals surface area contributed by atoms with E-state index in [9.17, 15) is 4.39 Å². The van der Waals surface area contributed by atoms with Crippen molar-refractivity contribution in [3.63, 3.8) is 0 Å². The molecule has 0 aliphatic rings. The highest BCUT2D eigenvalue weighted by Gasteiger charge is 2.20. The van der Waals surface area contributed by atoms with Crippen molar-refractivity contribution in [2.75, 3.05) is 0 Å². The van der Waals surface area contributed by atoms with Crippen LogP contribution in [0.3, 0.4) is 0 Å². The van der Waals surface area contributed by atoms with E-state index in [0.717, 1.165) is 23.4 Å². The van der Waals surface area contributed by atoms with Crippen molar-refractivity contribution >= 4 is 23.4 Å². The molecule has 17 heavy (non-hydrogen) atoms. The van der Waals surface area contributed by atoms with Crippen LogP contribution in [-0.2, 0) is 20.1 Å². The van der Waals surface area contributed by atoms with Gasteiger partial charge in [-0.1, -0.05) is 0 Å². The fourth-order valence-electron chi connectivity index (χ4n) is 2.06. The Bertz CT molecular complexity index is 513. The lowest BCUT2D eigenvalue weighted by Gasteiger charge is -1.96. The predicted molar refractivity (Wildman–Crippen MR) is 63.9 cm³/mol. The zero-order valence-electron chi connectivity index (χ0n) is 9.78. The maximum Gasteiger partial charge on any atom is 0.271 e. The number of hydrogen-bond acceptors (Lipinski definition) is 1. The van der Waals surface area contributed by atoms with Gasteiger partial charge in [-0.3, -0.25) is 0 Å². The van der Waals surface area contributed by atoms with E-state index in [1.807, 2.05) is 23.1 Å². The van der Waals surface area contributed by atoms with Gasteiger partial charge in [0.1, 0.15) is 5.82 Å². The van der Waals surface area contributed by atoms with Crippen molar-refractivity contribution in [1.29, 1.82) is 0 Å². The van der Waals surface area contributed by atoms with Gasteiger partial charge in [-0.15, -0.1) is 12.4 Å². The van der Waals surface area contributed by atoms with Gasteiger partial charge in [-0.05, 0) is 19.1 Å². The molecule has 0 unspecified atom stereocenters. The summed E-state index contributed by atoms with van der Waals surface area (Å²) < 4.78 is 17.2. The molecule has 0 bridgehead atoms. The summed E-state index contributed by atoms with van der Waals surface area (Å²) in [7, 11) is 1.95. The fraction of sp³-hybridized carbons (Fsp3) is 0.364. The zero-order valence-corrected chi connectivity index (χ0v) is 12.8. The number of aryl methyl sites for hydroxylation is 2. The minimum Gasteiger partial charge on any atom is -1.00 e. The molecule has 0 amide bonds. The lowest BCUT2D eigenvalue weighted by Crippen LogP contribution is -3.00. The highest BCUT2D eigenvalue weighted by atomic mass is 127. The number of benzene rings is 1. The monoisotopic (exact) mass is 371 g/mol. The second-order valence-corrected chi connectivity index (χ2v) is 3.56. The van der Waals surface area contributed by atoms with Crippen molar-refractivity contribution in [2.24, 2.45) is 12.8 Å². The van der Waals surface area contributed by atoms with E-state index in [-0.39, 0.29) is 42.2 Å². The van der Waals surface area contributed by atoms with Crippen LogP contribution in [0.1, 0.15) is 12.7 Å². The molecule has 1 heterocycles. The molecule has 0 saturated carbocycles. The quantitative estimate of drug-likeness (QED) is 0.507. The third kappa shape index (κ3) is 2.71. The molecule has 0 aliphatic carbocycles. The topological polar surface area (TPSA) is 34.8 Å². The summed E-state index contributed by atoms with van der Waals surface area (Å²) in [6, 6.07) is 4.82. The van der Waals surface area contributed by atoms with Gasteiger partial charge in [-0.2, -0.15) is 0 Å². The maximum atomic E-state index is 13.1. The first-order valence-electron chi connectivity index (χ1n) is 5.05. The van der Waals surface area contributed by atoms with Crippen molar-refractivity contribution in [2.45, 2.75) is 20.0 Å².